The van der Waals surface area contributed by atoms with Gasteiger partial charge in [-0.3, -0.25) is 10.1 Å². The van der Waals surface area contributed by atoms with E-state index in [1.54, 1.807) is 13.0 Å². The lowest BCUT2D eigenvalue weighted by Gasteiger charge is -2.12. The minimum Gasteiger partial charge on any atom is -0.489 e. The second kappa shape index (κ2) is 7.41. The van der Waals surface area contributed by atoms with E-state index in [-0.39, 0.29) is 37.3 Å². The molecule has 0 saturated carbocycles. The van der Waals surface area contributed by atoms with Gasteiger partial charge in [0.1, 0.15) is 18.2 Å². The SMILES string of the molecule is Cc1cc(NC(=O)CNc2ccc(F)cc2OCCO)on1. The molecule has 22 heavy (non-hydrogen) atoms. The Morgan fingerprint density at radius 3 is 2.95 bits per heavy atom. The second-order valence-corrected chi connectivity index (χ2v) is 4.45. The maximum absolute atomic E-state index is 13.2. The highest BCUT2D eigenvalue weighted by atomic mass is 19.1. The van der Waals surface area contributed by atoms with Gasteiger partial charge in [-0.2, -0.15) is 0 Å². The molecule has 0 radical (unpaired) electrons. The lowest BCUT2D eigenvalue weighted by molar-refractivity contribution is -0.114. The summed E-state index contributed by atoms with van der Waals surface area (Å²) in [6.45, 7) is 1.50. The number of aryl methyl sites for hydroxylation is 1. The van der Waals surface area contributed by atoms with Gasteiger partial charge in [-0.1, -0.05) is 5.16 Å². The topological polar surface area (TPSA) is 96.6 Å². The number of rotatable bonds is 7. The van der Waals surface area contributed by atoms with Crippen LogP contribution in [0.1, 0.15) is 5.69 Å². The first-order valence-electron chi connectivity index (χ1n) is 6.58. The summed E-state index contributed by atoms with van der Waals surface area (Å²) in [5.74, 6) is -0.355. The standard InChI is InChI=1S/C14H16FN3O4/c1-9-6-14(22-18-9)17-13(20)8-16-11-3-2-10(15)7-12(11)21-5-4-19/h2-3,6-7,16,19H,4-5,8H2,1H3,(H,17,20). The summed E-state index contributed by atoms with van der Waals surface area (Å²) in [6.07, 6.45) is 0. The van der Waals surface area contributed by atoms with Crippen LogP contribution in [0.4, 0.5) is 16.0 Å². The Morgan fingerprint density at radius 1 is 1.45 bits per heavy atom. The van der Waals surface area contributed by atoms with Crippen molar-refractivity contribution in [2.45, 2.75) is 6.92 Å². The van der Waals surface area contributed by atoms with Gasteiger partial charge in [0.15, 0.2) is 0 Å². The molecular formula is C14H16FN3O4. The normalized spacial score (nSPS) is 10.3. The summed E-state index contributed by atoms with van der Waals surface area (Å²) < 4.78 is 23.3. The number of nitrogens with one attached hydrogen (secondary N) is 2. The summed E-state index contributed by atoms with van der Waals surface area (Å²) in [5.41, 5.74) is 1.10. The maximum atomic E-state index is 13.2. The molecule has 2 rings (SSSR count). The average Bonchev–Trinajstić information content (AvgIpc) is 2.89. The fourth-order valence-corrected chi connectivity index (χ4v) is 1.70. The highest BCUT2D eigenvalue weighted by Gasteiger charge is 2.09. The third-order valence-corrected chi connectivity index (χ3v) is 2.62. The molecule has 7 nitrogen and oxygen atoms in total. The van der Waals surface area contributed by atoms with Crippen molar-refractivity contribution < 1.29 is 23.6 Å². The van der Waals surface area contributed by atoms with Gasteiger partial charge in [0.25, 0.3) is 0 Å². The van der Waals surface area contributed by atoms with Crippen LogP contribution in [0.25, 0.3) is 0 Å². The Morgan fingerprint density at radius 2 is 2.27 bits per heavy atom. The molecule has 2 aromatic rings. The fraction of sp³-hybridized carbons (Fsp3) is 0.286. The maximum Gasteiger partial charge on any atom is 0.246 e. The minimum atomic E-state index is -0.472. The van der Waals surface area contributed by atoms with Crippen molar-refractivity contribution in [1.29, 1.82) is 0 Å². The number of aliphatic hydroxyl groups is 1. The Bertz CT molecular complexity index is 645. The fourth-order valence-electron chi connectivity index (χ4n) is 1.70. The van der Waals surface area contributed by atoms with Gasteiger partial charge < -0.3 is 19.7 Å². The average molecular weight is 309 g/mol. The number of carbonyl (C=O) groups is 1. The molecule has 0 aliphatic heterocycles. The first-order chi connectivity index (χ1) is 10.6. The van der Waals surface area contributed by atoms with Crippen LogP contribution in [-0.2, 0) is 4.79 Å². The number of nitrogens with zero attached hydrogens (tertiary/aromatic N) is 1. The first kappa shape index (κ1) is 15.8. The molecule has 8 heteroatoms. The zero-order valence-electron chi connectivity index (χ0n) is 11.9. The van der Waals surface area contributed by atoms with Gasteiger partial charge in [0.05, 0.1) is 24.5 Å². The number of anilines is 2. The van der Waals surface area contributed by atoms with Crippen molar-refractivity contribution in [3.63, 3.8) is 0 Å². The number of ether oxygens (including phenoxy) is 1. The molecule has 0 aliphatic rings. The van der Waals surface area contributed by atoms with Gasteiger partial charge in [-0.25, -0.2) is 4.39 Å². The Balaban J connectivity index is 1.94. The highest BCUT2D eigenvalue weighted by molar-refractivity contribution is 5.92. The van der Waals surface area contributed by atoms with E-state index < -0.39 is 5.82 Å². The molecule has 118 valence electrons. The summed E-state index contributed by atoms with van der Waals surface area (Å²) in [4.78, 5) is 11.8. The quantitative estimate of drug-likeness (QED) is 0.718. The van der Waals surface area contributed by atoms with Crippen molar-refractivity contribution in [2.75, 3.05) is 30.4 Å². The highest BCUT2D eigenvalue weighted by Crippen LogP contribution is 2.25. The number of carbonyl (C=O) groups excluding carboxylic acids is 1. The summed E-state index contributed by atoms with van der Waals surface area (Å²) in [6, 6.07) is 5.46. The third-order valence-electron chi connectivity index (χ3n) is 2.62. The van der Waals surface area contributed by atoms with Gasteiger partial charge in [-0.05, 0) is 19.1 Å². The van der Waals surface area contributed by atoms with E-state index in [9.17, 15) is 9.18 Å². The van der Waals surface area contributed by atoms with Gasteiger partial charge >= 0.3 is 0 Å². The minimum absolute atomic E-state index is 0.0294. The number of hydrogen-bond donors (Lipinski definition) is 3. The zero-order valence-corrected chi connectivity index (χ0v) is 11.9. The van der Waals surface area contributed by atoms with Gasteiger partial charge in [0, 0.05) is 12.1 Å². The van der Waals surface area contributed by atoms with Crippen LogP contribution in [0.15, 0.2) is 28.8 Å². The largest absolute Gasteiger partial charge is 0.489 e. The molecule has 0 aliphatic carbocycles. The van der Waals surface area contributed by atoms with E-state index >= 15 is 0 Å². The molecule has 3 N–H and O–H groups in total. The van der Waals surface area contributed by atoms with Crippen molar-refractivity contribution in [1.82, 2.24) is 5.16 Å². The van der Waals surface area contributed by atoms with E-state index in [0.717, 1.165) is 0 Å². The second-order valence-electron chi connectivity index (χ2n) is 4.45. The molecule has 0 atom stereocenters. The lowest BCUT2D eigenvalue weighted by Crippen LogP contribution is -2.21. The van der Waals surface area contributed by atoms with E-state index in [1.807, 2.05) is 0 Å². The first-order valence-corrected chi connectivity index (χ1v) is 6.58. The van der Waals surface area contributed by atoms with Crippen molar-refractivity contribution in [3.05, 3.63) is 35.8 Å². The smallest absolute Gasteiger partial charge is 0.246 e. The van der Waals surface area contributed by atoms with Crippen LogP contribution in [0, 0.1) is 12.7 Å². The lowest BCUT2D eigenvalue weighted by atomic mass is 10.2. The molecule has 0 bridgehead atoms. The zero-order chi connectivity index (χ0) is 15.9. The van der Waals surface area contributed by atoms with Crippen LogP contribution >= 0.6 is 0 Å². The predicted molar refractivity (Wildman–Crippen MR) is 77.3 cm³/mol. The van der Waals surface area contributed by atoms with Gasteiger partial charge in [0.2, 0.25) is 11.8 Å². The summed E-state index contributed by atoms with van der Waals surface area (Å²) in [7, 11) is 0. The van der Waals surface area contributed by atoms with E-state index in [2.05, 4.69) is 15.8 Å². The molecule has 1 aromatic heterocycles. The van der Waals surface area contributed by atoms with Crippen LogP contribution in [0.2, 0.25) is 0 Å². The van der Waals surface area contributed by atoms with Crippen LogP contribution in [-0.4, -0.2) is 35.9 Å². The number of halogens is 1. The van der Waals surface area contributed by atoms with E-state index in [1.165, 1.54) is 18.2 Å². The Kier molecular flexibility index (Phi) is 5.31. The van der Waals surface area contributed by atoms with E-state index in [0.29, 0.717) is 11.4 Å². The Labute approximate surface area is 126 Å². The monoisotopic (exact) mass is 309 g/mol. The summed E-state index contributed by atoms with van der Waals surface area (Å²) >= 11 is 0. The van der Waals surface area contributed by atoms with Crippen molar-refractivity contribution >= 4 is 17.5 Å². The molecule has 0 unspecified atom stereocenters. The van der Waals surface area contributed by atoms with Crippen LogP contribution in [0.3, 0.4) is 0 Å². The number of aromatic nitrogens is 1. The number of benzene rings is 1. The molecule has 1 heterocycles. The Hall–Kier alpha value is -2.61. The third kappa shape index (κ3) is 4.45. The molecule has 0 spiro atoms. The van der Waals surface area contributed by atoms with Crippen molar-refractivity contribution in [3.8, 4) is 5.75 Å². The molecule has 0 fully saturated rings. The summed E-state index contributed by atoms with van der Waals surface area (Å²) in [5, 5.41) is 17.8. The predicted octanol–water partition coefficient (Wildman–Crippen LogP) is 1.54. The molecular weight excluding hydrogens is 293 g/mol. The number of amides is 1. The molecule has 0 saturated heterocycles. The molecule has 1 amide bonds. The number of aliphatic hydroxyl groups excluding tert-OH is 1. The van der Waals surface area contributed by atoms with Crippen LogP contribution < -0.4 is 15.4 Å². The van der Waals surface area contributed by atoms with Gasteiger partial charge in [-0.15, -0.1) is 0 Å². The number of hydrogen-bond acceptors (Lipinski definition) is 6. The van der Waals surface area contributed by atoms with E-state index in [4.69, 9.17) is 14.4 Å². The molecule has 1 aromatic carbocycles. The van der Waals surface area contributed by atoms with Crippen molar-refractivity contribution in [2.24, 2.45) is 0 Å². The van der Waals surface area contributed by atoms with Crippen LogP contribution in [0.5, 0.6) is 5.75 Å².